The van der Waals surface area contributed by atoms with Gasteiger partial charge in [-0.1, -0.05) is 11.6 Å². The Balaban J connectivity index is 3.49. The topological polar surface area (TPSA) is 53.2 Å². The predicted octanol–water partition coefficient (Wildman–Crippen LogP) is 2.94. The van der Waals surface area contributed by atoms with Gasteiger partial charge in [0, 0.05) is 4.47 Å². The summed E-state index contributed by atoms with van der Waals surface area (Å²) in [4.78, 5) is 13.3. The second kappa shape index (κ2) is 4.20. The lowest BCUT2D eigenvalue weighted by atomic mass is 10.2. The van der Waals surface area contributed by atoms with E-state index in [1.54, 1.807) is 6.07 Å². The van der Waals surface area contributed by atoms with Gasteiger partial charge in [0.15, 0.2) is 0 Å². The summed E-state index contributed by atoms with van der Waals surface area (Å²) < 4.78 is 0.593. The summed E-state index contributed by atoms with van der Waals surface area (Å²) >= 11 is 8.92. The first-order chi connectivity index (χ1) is 6.20. The molecular formula is C8H2BrClN2O. The van der Waals surface area contributed by atoms with Gasteiger partial charge in [-0.05, 0) is 28.1 Å². The van der Waals surface area contributed by atoms with Crippen LogP contribution in [-0.2, 0) is 4.79 Å². The molecule has 0 bridgehead atoms. The predicted molar refractivity (Wildman–Crippen MR) is 51.6 cm³/mol. The number of rotatable bonds is 1. The number of aliphatic imine (C=N–C) groups is 1. The summed E-state index contributed by atoms with van der Waals surface area (Å²) in [6.45, 7) is 0. The fourth-order valence-electron chi connectivity index (χ4n) is 0.789. The monoisotopic (exact) mass is 256 g/mol. The van der Waals surface area contributed by atoms with E-state index in [1.807, 2.05) is 6.07 Å². The van der Waals surface area contributed by atoms with Crippen molar-refractivity contribution < 1.29 is 4.79 Å². The highest BCUT2D eigenvalue weighted by molar-refractivity contribution is 9.10. The minimum atomic E-state index is 0.166. The van der Waals surface area contributed by atoms with Crippen molar-refractivity contribution in [3.63, 3.8) is 0 Å². The van der Waals surface area contributed by atoms with Crippen LogP contribution in [0.3, 0.4) is 0 Å². The number of carbonyl (C=O) groups excluding carboxylic acids is 1. The molecule has 0 aliphatic rings. The third-order valence-corrected chi connectivity index (χ3v) is 2.63. The smallest absolute Gasteiger partial charge is 0.211 e. The zero-order valence-electron chi connectivity index (χ0n) is 6.21. The van der Waals surface area contributed by atoms with Crippen molar-refractivity contribution in [2.24, 2.45) is 4.99 Å². The van der Waals surface area contributed by atoms with Gasteiger partial charge in [0.25, 0.3) is 0 Å². The number of nitrogens with zero attached hydrogens (tertiary/aromatic N) is 2. The summed E-state index contributed by atoms with van der Waals surface area (Å²) in [6.07, 6.45) is 1.36. The molecule has 13 heavy (non-hydrogen) atoms. The van der Waals surface area contributed by atoms with E-state index in [2.05, 4.69) is 20.9 Å². The number of benzene rings is 1. The zero-order chi connectivity index (χ0) is 9.84. The molecule has 0 N–H and O–H groups in total. The molecule has 1 aromatic rings. The number of hydrogen-bond donors (Lipinski definition) is 0. The Kier molecular flexibility index (Phi) is 3.21. The zero-order valence-corrected chi connectivity index (χ0v) is 8.56. The molecule has 1 rings (SSSR count). The Morgan fingerprint density at radius 2 is 2.23 bits per heavy atom. The van der Waals surface area contributed by atoms with E-state index in [-0.39, 0.29) is 16.3 Å². The van der Waals surface area contributed by atoms with E-state index < -0.39 is 0 Å². The van der Waals surface area contributed by atoms with Crippen molar-refractivity contribution in [1.29, 1.82) is 5.26 Å². The third-order valence-electron chi connectivity index (χ3n) is 1.35. The first-order valence-electron chi connectivity index (χ1n) is 3.16. The highest BCUT2D eigenvalue weighted by Crippen LogP contribution is 2.32. The van der Waals surface area contributed by atoms with Gasteiger partial charge in [0.2, 0.25) is 6.08 Å². The highest BCUT2D eigenvalue weighted by Gasteiger charge is 2.08. The Labute approximate surface area is 87.8 Å². The van der Waals surface area contributed by atoms with Gasteiger partial charge in [0.1, 0.15) is 6.07 Å². The van der Waals surface area contributed by atoms with E-state index in [0.29, 0.717) is 4.47 Å². The van der Waals surface area contributed by atoms with Crippen LogP contribution in [0, 0.1) is 11.3 Å². The van der Waals surface area contributed by atoms with Gasteiger partial charge >= 0.3 is 0 Å². The van der Waals surface area contributed by atoms with Gasteiger partial charge in [-0.2, -0.15) is 10.3 Å². The van der Waals surface area contributed by atoms with Gasteiger partial charge in [-0.15, -0.1) is 0 Å². The van der Waals surface area contributed by atoms with Crippen molar-refractivity contribution in [3.05, 3.63) is 27.2 Å². The first kappa shape index (κ1) is 9.94. The summed E-state index contributed by atoms with van der Waals surface area (Å²) in [6, 6.07) is 4.98. The fraction of sp³-hybridized carbons (Fsp3) is 0. The van der Waals surface area contributed by atoms with Gasteiger partial charge in [-0.25, -0.2) is 4.79 Å². The van der Waals surface area contributed by atoms with Gasteiger partial charge < -0.3 is 0 Å². The molecule has 0 heterocycles. The number of halogens is 2. The van der Waals surface area contributed by atoms with Crippen LogP contribution in [0.5, 0.6) is 0 Å². The minimum Gasteiger partial charge on any atom is -0.211 e. The molecule has 3 nitrogen and oxygen atoms in total. The fourth-order valence-corrected chi connectivity index (χ4v) is 1.32. The van der Waals surface area contributed by atoms with Crippen molar-refractivity contribution in [2.45, 2.75) is 0 Å². The lowest BCUT2D eigenvalue weighted by Crippen LogP contribution is -1.80. The molecule has 0 saturated heterocycles. The molecule has 0 aliphatic heterocycles. The van der Waals surface area contributed by atoms with Crippen LogP contribution < -0.4 is 0 Å². The van der Waals surface area contributed by atoms with Crippen LogP contribution in [0.1, 0.15) is 5.56 Å². The number of hydrogen-bond acceptors (Lipinski definition) is 3. The Morgan fingerprint density at radius 3 is 2.77 bits per heavy atom. The molecule has 0 radical (unpaired) electrons. The highest BCUT2D eigenvalue weighted by atomic mass is 79.9. The first-order valence-corrected chi connectivity index (χ1v) is 4.33. The van der Waals surface area contributed by atoms with Gasteiger partial charge in [-0.3, -0.25) is 0 Å². The summed E-state index contributed by atoms with van der Waals surface area (Å²) in [7, 11) is 0. The maximum absolute atomic E-state index is 9.98. The molecule has 0 atom stereocenters. The normalized spacial score (nSPS) is 8.69. The maximum Gasteiger partial charge on any atom is 0.240 e. The van der Waals surface area contributed by atoms with E-state index in [4.69, 9.17) is 16.9 Å². The largest absolute Gasteiger partial charge is 0.240 e. The van der Waals surface area contributed by atoms with Crippen LogP contribution in [0.25, 0.3) is 0 Å². The van der Waals surface area contributed by atoms with E-state index in [9.17, 15) is 4.79 Å². The molecule has 5 heteroatoms. The molecule has 64 valence electrons. The second-order valence-electron chi connectivity index (χ2n) is 2.07. The van der Waals surface area contributed by atoms with Crippen LogP contribution in [0.2, 0.25) is 5.02 Å². The molecule has 0 unspecified atom stereocenters. The minimum absolute atomic E-state index is 0.166. The van der Waals surface area contributed by atoms with E-state index in [0.717, 1.165) is 0 Å². The van der Waals surface area contributed by atoms with Crippen LogP contribution >= 0.6 is 27.5 Å². The molecule has 0 saturated carbocycles. The van der Waals surface area contributed by atoms with E-state index >= 15 is 0 Å². The SMILES string of the molecule is N#Cc1c(N=C=O)ccc(Br)c1Cl. The second-order valence-corrected chi connectivity index (χ2v) is 3.30. The van der Waals surface area contributed by atoms with E-state index in [1.165, 1.54) is 12.1 Å². The number of isocyanates is 1. The Morgan fingerprint density at radius 1 is 1.54 bits per heavy atom. The number of nitriles is 1. The quantitative estimate of drug-likeness (QED) is 0.574. The third kappa shape index (κ3) is 1.96. The molecule has 0 aliphatic carbocycles. The Bertz CT molecular complexity index is 433. The average Bonchev–Trinajstić information content (AvgIpc) is 2.12. The molecule has 1 aromatic carbocycles. The van der Waals surface area contributed by atoms with Crippen LogP contribution in [0.15, 0.2) is 21.6 Å². The maximum atomic E-state index is 9.98. The lowest BCUT2D eigenvalue weighted by molar-refractivity contribution is 0.565. The summed E-state index contributed by atoms with van der Waals surface area (Å²) in [5.74, 6) is 0. The molecular weight excluding hydrogens is 255 g/mol. The van der Waals surface area contributed by atoms with Crippen LogP contribution in [0.4, 0.5) is 5.69 Å². The average molecular weight is 257 g/mol. The molecule has 0 fully saturated rings. The van der Waals surface area contributed by atoms with Crippen molar-refractivity contribution in [1.82, 2.24) is 0 Å². The lowest BCUT2D eigenvalue weighted by Gasteiger charge is -1.99. The molecule has 0 amide bonds. The summed E-state index contributed by atoms with van der Waals surface area (Å²) in [5, 5.41) is 8.95. The van der Waals surface area contributed by atoms with Crippen molar-refractivity contribution in [2.75, 3.05) is 0 Å². The van der Waals surface area contributed by atoms with Gasteiger partial charge in [0.05, 0.1) is 16.3 Å². The molecule has 0 aromatic heterocycles. The van der Waals surface area contributed by atoms with Crippen molar-refractivity contribution >= 4 is 39.3 Å². The Hall–Kier alpha value is -1.14. The van der Waals surface area contributed by atoms with Crippen molar-refractivity contribution in [3.8, 4) is 6.07 Å². The summed E-state index contributed by atoms with van der Waals surface area (Å²) in [5.41, 5.74) is 0.394. The molecule has 0 spiro atoms. The standard InChI is InChI=1S/C8H2BrClN2O/c9-6-1-2-7(12-4-13)5(3-11)8(6)10/h1-2H. The van der Waals surface area contributed by atoms with Crippen LogP contribution in [-0.4, -0.2) is 6.08 Å².